The summed E-state index contributed by atoms with van der Waals surface area (Å²) in [5.41, 5.74) is 14.9. The Morgan fingerprint density at radius 2 is 1.24 bits per heavy atom. The highest BCUT2D eigenvalue weighted by atomic mass is 31.1. The van der Waals surface area contributed by atoms with Crippen LogP contribution in [0.4, 0.5) is 11.4 Å². The van der Waals surface area contributed by atoms with E-state index in [1.807, 2.05) is 0 Å². The topological polar surface area (TPSA) is 3.24 Å². The lowest BCUT2D eigenvalue weighted by atomic mass is 9.69. The summed E-state index contributed by atoms with van der Waals surface area (Å²) in [6.45, 7) is 4.64. The molecule has 0 saturated heterocycles. The quantitative estimate of drug-likeness (QED) is 0.203. The van der Waals surface area contributed by atoms with Crippen molar-refractivity contribution in [3.8, 4) is 11.1 Å². The highest BCUT2D eigenvalue weighted by Crippen LogP contribution is 2.64. The fraction of sp³-hybridized carbons (Fsp3) is 0.128. The predicted octanol–water partition coefficient (Wildman–Crippen LogP) is 9.92. The summed E-state index contributed by atoms with van der Waals surface area (Å²) < 4.78 is 2.56. The van der Waals surface area contributed by atoms with E-state index >= 15 is 0 Å². The van der Waals surface area contributed by atoms with Crippen molar-refractivity contribution in [1.29, 1.82) is 0 Å². The van der Waals surface area contributed by atoms with Gasteiger partial charge < -0.3 is 4.67 Å². The third-order valence-electron chi connectivity index (χ3n) is 9.23. The Hall–Kier alpha value is -4.19. The molecule has 198 valence electrons. The van der Waals surface area contributed by atoms with Crippen LogP contribution in [-0.2, 0) is 5.41 Å². The molecule has 2 heteroatoms. The Bertz CT molecular complexity index is 1880. The molecule has 1 spiro atoms. The highest BCUT2D eigenvalue weighted by molar-refractivity contribution is 7.66. The lowest BCUT2D eigenvalue weighted by Gasteiger charge is -2.35. The number of hydrogen-bond donors (Lipinski definition) is 0. The zero-order valence-corrected chi connectivity index (χ0v) is 24.4. The lowest BCUT2D eigenvalue weighted by Crippen LogP contribution is -2.28. The molecule has 3 aliphatic rings. The number of nitrogens with zero attached hydrogens (tertiary/aromatic N) is 1. The number of para-hydroxylation sites is 2. The van der Waals surface area contributed by atoms with Crippen LogP contribution in [0.25, 0.3) is 16.7 Å². The first-order valence-corrected chi connectivity index (χ1v) is 16.3. The van der Waals surface area contributed by atoms with Crippen molar-refractivity contribution in [2.24, 2.45) is 0 Å². The second-order valence-corrected chi connectivity index (χ2v) is 13.3. The van der Waals surface area contributed by atoms with Crippen LogP contribution in [0.1, 0.15) is 40.7 Å². The molecule has 1 nitrogen and oxygen atoms in total. The van der Waals surface area contributed by atoms with Crippen molar-refractivity contribution < 1.29 is 0 Å². The Morgan fingerprint density at radius 1 is 0.610 bits per heavy atom. The molecule has 0 saturated carbocycles. The first-order valence-electron chi connectivity index (χ1n) is 14.6. The van der Waals surface area contributed by atoms with Gasteiger partial charge in [0.05, 0.1) is 5.41 Å². The van der Waals surface area contributed by atoms with Gasteiger partial charge in [-0.25, -0.2) is 0 Å². The molecule has 0 bridgehead atoms. The third kappa shape index (κ3) is 3.46. The monoisotopic (exact) mass is 545 g/mol. The van der Waals surface area contributed by atoms with E-state index in [0.717, 1.165) is 12.8 Å². The average molecular weight is 546 g/mol. The number of anilines is 2. The standard InChI is InChI=1S/C39H32NP/c1-27-14-6-13-23-38(27)40(28-15-4-3-5-16-28)41(2)29-24-25-33-32-19-9-12-22-36(32)39(37(33)26-29)34-20-10-7-17-30(34)31-18-8-11-21-35(31)39/h3-7,9-10,12-26H,8,11H2,1-2H3. The molecule has 5 aromatic carbocycles. The van der Waals surface area contributed by atoms with Crippen LogP contribution in [0.15, 0.2) is 139 Å². The third-order valence-corrected chi connectivity index (χ3v) is 11.3. The number of rotatable bonds is 4. The molecule has 0 radical (unpaired) electrons. The van der Waals surface area contributed by atoms with Gasteiger partial charge in [-0.2, -0.15) is 0 Å². The number of aryl methyl sites for hydroxylation is 1. The van der Waals surface area contributed by atoms with E-state index in [0.29, 0.717) is 0 Å². The number of fused-ring (bicyclic) bond motifs is 10. The highest BCUT2D eigenvalue weighted by Gasteiger charge is 2.53. The summed E-state index contributed by atoms with van der Waals surface area (Å²) in [6, 6.07) is 45.3. The molecule has 2 unspecified atom stereocenters. The van der Waals surface area contributed by atoms with Gasteiger partial charge in [0.2, 0.25) is 0 Å². The molecule has 41 heavy (non-hydrogen) atoms. The molecule has 0 aromatic heterocycles. The van der Waals surface area contributed by atoms with Crippen LogP contribution >= 0.6 is 8.07 Å². The number of allylic oxidation sites excluding steroid dienone is 4. The molecule has 0 N–H and O–H groups in total. The molecule has 2 atom stereocenters. The van der Waals surface area contributed by atoms with Crippen LogP contribution < -0.4 is 9.97 Å². The molecular weight excluding hydrogens is 513 g/mol. The minimum absolute atomic E-state index is 0.263. The molecule has 0 heterocycles. The maximum atomic E-state index is 2.56. The van der Waals surface area contributed by atoms with E-state index < -0.39 is 8.07 Å². The molecule has 8 rings (SSSR count). The smallest absolute Gasteiger partial charge is 0.0722 e. The fourth-order valence-electron chi connectivity index (χ4n) is 7.48. The predicted molar refractivity (Wildman–Crippen MR) is 176 cm³/mol. The van der Waals surface area contributed by atoms with Gasteiger partial charge in [0.15, 0.2) is 0 Å². The second-order valence-electron chi connectivity index (χ2n) is 11.3. The minimum atomic E-state index is -0.709. The van der Waals surface area contributed by atoms with Crippen LogP contribution in [0.5, 0.6) is 0 Å². The van der Waals surface area contributed by atoms with Gasteiger partial charge in [0.25, 0.3) is 0 Å². The maximum Gasteiger partial charge on any atom is 0.0722 e. The number of benzene rings is 5. The zero-order chi connectivity index (χ0) is 27.6. The van der Waals surface area contributed by atoms with E-state index in [-0.39, 0.29) is 5.41 Å². The van der Waals surface area contributed by atoms with Gasteiger partial charge in [0.1, 0.15) is 0 Å². The van der Waals surface area contributed by atoms with Gasteiger partial charge in [-0.15, -0.1) is 0 Å². The van der Waals surface area contributed by atoms with E-state index in [4.69, 9.17) is 0 Å². The van der Waals surface area contributed by atoms with Crippen molar-refractivity contribution in [2.75, 3.05) is 11.3 Å². The Labute approximate surface area is 244 Å². The number of hydrogen-bond acceptors (Lipinski definition) is 1. The Kier molecular flexibility index (Phi) is 5.66. The average Bonchev–Trinajstić information content (AvgIpc) is 3.50. The van der Waals surface area contributed by atoms with Crippen LogP contribution in [0.2, 0.25) is 0 Å². The Morgan fingerprint density at radius 3 is 2.05 bits per heavy atom. The van der Waals surface area contributed by atoms with Gasteiger partial charge in [0, 0.05) is 19.4 Å². The van der Waals surface area contributed by atoms with Crippen LogP contribution in [-0.4, -0.2) is 6.66 Å². The van der Waals surface area contributed by atoms with Crippen molar-refractivity contribution in [3.63, 3.8) is 0 Å². The molecule has 0 fully saturated rings. The van der Waals surface area contributed by atoms with E-state index in [1.165, 1.54) is 66.8 Å². The Balaban J connectivity index is 1.37. The minimum Gasteiger partial charge on any atom is -0.316 e. The second kappa shape index (κ2) is 9.44. The van der Waals surface area contributed by atoms with Crippen LogP contribution in [0, 0.1) is 6.92 Å². The maximum absolute atomic E-state index is 2.56. The first-order chi connectivity index (χ1) is 20.2. The van der Waals surface area contributed by atoms with Gasteiger partial charge >= 0.3 is 0 Å². The van der Waals surface area contributed by atoms with Gasteiger partial charge in [-0.1, -0.05) is 109 Å². The van der Waals surface area contributed by atoms with Crippen molar-refractivity contribution >= 4 is 30.3 Å². The molecule has 0 amide bonds. The molecular formula is C39H32NP. The summed E-state index contributed by atoms with van der Waals surface area (Å²) in [7, 11) is -0.709. The summed E-state index contributed by atoms with van der Waals surface area (Å²) in [4.78, 5) is 0. The summed E-state index contributed by atoms with van der Waals surface area (Å²) in [5, 5.41) is 1.39. The summed E-state index contributed by atoms with van der Waals surface area (Å²) in [6.07, 6.45) is 7.23. The van der Waals surface area contributed by atoms with Crippen LogP contribution in [0.3, 0.4) is 0 Å². The molecule has 5 aromatic rings. The van der Waals surface area contributed by atoms with Crippen molar-refractivity contribution in [3.05, 3.63) is 167 Å². The first kappa shape index (κ1) is 24.6. The van der Waals surface area contributed by atoms with Crippen molar-refractivity contribution in [1.82, 2.24) is 0 Å². The SMILES string of the molecule is Cc1ccccc1N(c1ccccc1)P(C)c1ccc2c(c1)C1(C3=CCCC=C3c3ccccc31)c1ccccc1-2. The molecule has 3 aliphatic carbocycles. The zero-order valence-electron chi connectivity index (χ0n) is 23.5. The fourth-order valence-corrected chi connectivity index (χ4v) is 9.35. The summed E-state index contributed by atoms with van der Waals surface area (Å²) in [5.74, 6) is 0. The van der Waals surface area contributed by atoms with E-state index in [2.05, 4.69) is 152 Å². The van der Waals surface area contributed by atoms with E-state index in [1.54, 1.807) is 0 Å². The van der Waals surface area contributed by atoms with Gasteiger partial charge in [-0.3, -0.25) is 0 Å². The van der Waals surface area contributed by atoms with Crippen molar-refractivity contribution in [2.45, 2.75) is 25.2 Å². The molecule has 0 aliphatic heterocycles. The van der Waals surface area contributed by atoms with E-state index in [9.17, 15) is 0 Å². The largest absolute Gasteiger partial charge is 0.316 e. The summed E-state index contributed by atoms with van der Waals surface area (Å²) >= 11 is 0. The van der Waals surface area contributed by atoms with Gasteiger partial charge in [-0.05, 0) is 106 Å². The normalized spacial score (nSPS) is 18.6. The lowest BCUT2D eigenvalue weighted by molar-refractivity contribution is 0.783.